The van der Waals surface area contributed by atoms with Crippen molar-refractivity contribution in [3.05, 3.63) is 53.7 Å². The lowest BCUT2D eigenvalue weighted by Crippen LogP contribution is -2.28. The van der Waals surface area contributed by atoms with Crippen molar-refractivity contribution in [2.75, 3.05) is 5.32 Å². The minimum Gasteiger partial charge on any atom is -0.323 e. The molecule has 2 aromatic heterocycles. The van der Waals surface area contributed by atoms with Gasteiger partial charge in [0.25, 0.3) is 0 Å². The molecule has 0 fully saturated rings. The van der Waals surface area contributed by atoms with E-state index in [-0.39, 0.29) is 17.6 Å². The first-order valence-corrected chi connectivity index (χ1v) is 7.82. The van der Waals surface area contributed by atoms with Gasteiger partial charge in [0.1, 0.15) is 5.82 Å². The number of H-pyrrole nitrogens is 2. The third kappa shape index (κ3) is 2.58. The summed E-state index contributed by atoms with van der Waals surface area (Å²) in [6, 6.07) is 6.39. The molecule has 3 aromatic rings. The van der Waals surface area contributed by atoms with Gasteiger partial charge in [0.2, 0.25) is 5.91 Å². The van der Waals surface area contributed by atoms with Gasteiger partial charge in [-0.05, 0) is 30.5 Å². The molecule has 3 N–H and O–H groups in total. The van der Waals surface area contributed by atoms with Gasteiger partial charge in [-0.25, -0.2) is 4.39 Å². The highest BCUT2D eigenvalue weighted by Gasteiger charge is 2.27. The highest BCUT2D eigenvalue weighted by Crippen LogP contribution is 2.29. The SMILES string of the molecule is O=C(Nc1cn[nH]c1-c1ccccc1F)[C@@H]1CCc2cn[nH]c2C1. The summed E-state index contributed by atoms with van der Waals surface area (Å²) in [6.45, 7) is 0. The lowest BCUT2D eigenvalue weighted by atomic mass is 9.87. The Bertz CT molecular complexity index is 885. The van der Waals surface area contributed by atoms with Crippen LogP contribution < -0.4 is 5.32 Å². The molecule has 2 heterocycles. The fourth-order valence-corrected chi connectivity index (χ4v) is 3.12. The molecule has 7 heteroatoms. The molecule has 0 bridgehead atoms. The van der Waals surface area contributed by atoms with Crippen LogP contribution in [0.5, 0.6) is 0 Å². The van der Waals surface area contributed by atoms with Crippen molar-refractivity contribution in [3.8, 4) is 11.3 Å². The molecule has 0 saturated carbocycles. The number of aromatic amines is 2. The number of carbonyl (C=O) groups is 1. The Morgan fingerprint density at radius 3 is 2.92 bits per heavy atom. The number of nitrogens with zero attached hydrogens (tertiary/aromatic N) is 2. The number of aromatic nitrogens is 4. The summed E-state index contributed by atoms with van der Waals surface area (Å²) < 4.78 is 14.0. The zero-order valence-electron chi connectivity index (χ0n) is 12.8. The molecule has 6 nitrogen and oxygen atoms in total. The maximum absolute atomic E-state index is 14.0. The van der Waals surface area contributed by atoms with Gasteiger partial charge in [-0.2, -0.15) is 10.2 Å². The molecule has 0 radical (unpaired) electrons. The summed E-state index contributed by atoms with van der Waals surface area (Å²) in [5, 5.41) is 16.6. The van der Waals surface area contributed by atoms with Crippen molar-refractivity contribution in [1.82, 2.24) is 20.4 Å². The van der Waals surface area contributed by atoms with Gasteiger partial charge in [-0.3, -0.25) is 15.0 Å². The Morgan fingerprint density at radius 1 is 1.21 bits per heavy atom. The van der Waals surface area contributed by atoms with Crippen LogP contribution in [0.2, 0.25) is 0 Å². The van der Waals surface area contributed by atoms with E-state index < -0.39 is 0 Å². The first kappa shape index (κ1) is 14.6. The molecule has 1 aromatic carbocycles. The number of fused-ring (bicyclic) bond motifs is 1. The molecule has 4 rings (SSSR count). The van der Waals surface area contributed by atoms with Crippen molar-refractivity contribution in [2.45, 2.75) is 19.3 Å². The van der Waals surface area contributed by atoms with Crippen LogP contribution in [0.1, 0.15) is 17.7 Å². The van der Waals surface area contributed by atoms with E-state index in [1.807, 2.05) is 6.20 Å². The number of rotatable bonds is 3. The molecule has 1 atom stereocenters. The Labute approximate surface area is 137 Å². The van der Waals surface area contributed by atoms with Crippen molar-refractivity contribution >= 4 is 11.6 Å². The van der Waals surface area contributed by atoms with E-state index in [2.05, 4.69) is 25.7 Å². The number of hydrogen-bond donors (Lipinski definition) is 3. The number of halogens is 1. The lowest BCUT2D eigenvalue weighted by Gasteiger charge is -2.20. The number of hydrogen-bond acceptors (Lipinski definition) is 3. The minimum atomic E-state index is -0.364. The van der Waals surface area contributed by atoms with E-state index in [1.54, 1.807) is 18.2 Å². The minimum absolute atomic E-state index is 0.0887. The summed E-state index contributed by atoms with van der Waals surface area (Å²) in [4.78, 5) is 12.6. The van der Waals surface area contributed by atoms with Crippen LogP contribution in [0.25, 0.3) is 11.3 Å². The van der Waals surface area contributed by atoms with Gasteiger partial charge in [0.05, 0.1) is 23.8 Å². The van der Waals surface area contributed by atoms with Crippen LogP contribution in [0.3, 0.4) is 0 Å². The van der Waals surface area contributed by atoms with Crippen molar-refractivity contribution < 1.29 is 9.18 Å². The van der Waals surface area contributed by atoms with Crippen molar-refractivity contribution in [3.63, 3.8) is 0 Å². The van der Waals surface area contributed by atoms with E-state index in [1.165, 1.54) is 17.8 Å². The summed E-state index contributed by atoms with van der Waals surface area (Å²) in [7, 11) is 0. The van der Waals surface area contributed by atoms with Crippen LogP contribution in [0.15, 0.2) is 36.7 Å². The van der Waals surface area contributed by atoms with Crippen LogP contribution in [0, 0.1) is 11.7 Å². The third-order valence-electron chi connectivity index (χ3n) is 4.43. The molecule has 1 amide bonds. The average molecular weight is 325 g/mol. The standard InChI is InChI=1S/C17H16FN5O/c18-13-4-2-1-3-12(13)16-15(9-20-23-16)21-17(24)10-5-6-11-8-19-22-14(11)7-10/h1-4,8-10H,5-7H2,(H,19,22)(H,20,23)(H,21,24)/t10-/m1/s1. The van der Waals surface area contributed by atoms with Gasteiger partial charge in [0, 0.05) is 23.6 Å². The molecule has 24 heavy (non-hydrogen) atoms. The summed E-state index contributed by atoms with van der Waals surface area (Å²) in [5.74, 6) is -0.590. The van der Waals surface area contributed by atoms with Gasteiger partial charge in [0.15, 0.2) is 0 Å². The Morgan fingerprint density at radius 2 is 2.04 bits per heavy atom. The predicted molar refractivity (Wildman–Crippen MR) is 86.7 cm³/mol. The number of anilines is 1. The van der Waals surface area contributed by atoms with Gasteiger partial charge >= 0.3 is 0 Å². The lowest BCUT2D eigenvalue weighted by molar-refractivity contribution is -0.120. The maximum atomic E-state index is 14.0. The molecule has 0 unspecified atom stereocenters. The first-order chi connectivity index (χ1) is 11.7. The number of aryl methyl sites for hydroxylation is 1. The monoisotopic (exact) mass is 325 g/mol. The summed E-state index contributed by atoms with van der Waals surface area (Å²) in [5.41, 5.74) is 3.53. The second-order valence-corrected chi connectivity index (χ2v) is 5.94. The highest BCUT2D eigenvalue weighted by atomic mass is 19.1. The number of nitrogens with one attached hydrogen (secondary N) is 3. The topological polar surface area (TPSA) is 86.5 Å². The van der Waals surface area contributed by atoms with Gasteiger partial charge in [-0.15, -0.1) is 0 Å². The van der Waals surface area contributed by atoms with Gasteiger partial charge < -0.3 is 5.32 Å². The quantitative estimate of drug-likeness (QED) is 0.692. The summed E-state index contributed by atoms with van der Waals surface area (Å²) >= 11 is 0. The average Bonchev–Trinajstić information content (AvgIpc) is 3.23. The number of benzene rings is 1. The van der Waals surface area contributed by atoms with E-state index >= 15 is 0 Å². The van der Waals surface area contributed by atoms with E-state index in [9.17, 15) is 9.18 Å². The fraction of sp³-hybridized carbons (Fsp3) is 0.235. The highest BCUT2D eigenvalue weighted by molar-refractivity contribution is 5.96. The van der Waals surface area contributed by atoms with E-state index in [4.69, 9.17) is 0 Å². The van der Waals surface area contributed by atoms with Crippen molar-refractivity contribution in [2.24, 2.45) is 5.92 Å². The zero-order chi connectivity index (χ0) is 16.5. The van der Waals surface area contributed by atoms with E-state index in [0.717, 1.165) is 18.5 Å². The Hall–Kier alpha value is -2.96. The first-order valence-electron chi connectivity index (χ1n) is 7.82. The molecule has 0 spiro atoms. The molecule has 0 saturated heterocycles. The van der Waals surface area contributed by atoms with Crippen LogP contribution in [-0.4, -0.2) is 26.3 Å². The fourth-order valence-electron chi connectivity index (χ4n) is 3.12. The smallest absolute Gasteiger partial charge is 0.227 e. The number of amides is 1. The molecule has 1 aliphatic rings. The Balaban J connectivity index is 1.54. The normalized spacial score (nSPS) is 16.6. The van der Waals surface area contributed by atoms with Crippen LogP contribution in [0.4, 0.5) is 10.1 Å². The largest absolute Gasteiger partial charge is 0.323 e. The third-order valence-corrected chi connectivity index (χ3v) is 4.43. The second kappa shape index (κ2) is 5.92. The second-order valence-electron chi connectivity index (χ2n) is 5.94. The number of carbonyl (C=O) groups excluding carboxylic acids is 1. The van der Waals surface area contributed by atoms with E-state index in [0.29, 0.717) is 23.4 Å². The molecule has 0 aliphatic heterocycles. The maximum Gasteiger partial charge on any atom is 0.227 e. The molecule has 1 aliphatic carbocycles. The zero-order valence-corrected chi connectivity index (χ0v) is 12.8. The molecule has 122 valence electrons. The van der Waals surface area contributed by atoms with Gasteiger partial charge in [-0.1, -0.05) is 12.1 Å². The van der Waals surface area contributed by atoms with Crippen molar-refractivity contribution in [1.29, 1.82) is 0 Å². The summed E-state index contributed by atoms with van der Waals surface area (Å²) in [6.07, 6.45) is 5.55. The predicted octanol–water partition coefficient (Wildman–Crippen LogP) is 2.68. The molecular weight excluding hydrogens is 309 g/mol. The van der Waals surface area contributed by atoms with Crippen LogP contribution in [-0.2, 0) is 17.6 Å². The Kier molecular flexibility index (Phi) is 3.60. The molecular formula is C17H16FN5O. The van der Waals surface area contributed by atoms with Crippen LogP contribution >= 0.6 is 0 Å².